The number of hydrogen-bond acceptors (Lipinski definition) is 4. The van der Waals surface area contributed by atoms with Crippen molar-refractivity contribution in [1.29, 1.82) is 5.26 Å². The second kappa shape index (κ2) is 4.14. The molecule has 0 spiro atoms. The average Bonchev–Trinajstić information content (AvgIpc) is 2.73. The lowest BCUT2D eigenvalue weighted by Crippen LogP contribution is -2.06. The van der Waals surface area contributed by atoms with E-state index in [4.69, 9.17) is 10.00 Å². The van der Waals surface area contributed by atoms with Gasteiger partial charge in [-0.25, -0.2) is 8.42 Å². The highest BCUT2D eigenvalue weighted by Gasteiger charge is 2.18. The van der Waals surface area contributed by atoms with E-state index in [0.29, 0.717) is 6.61 Å². The van der Waals surface area contributed by atoms with Crippen molar-refractivity contribution in [3.05, 3.63) is 23.8 Å². The van der Waals surface area contributed by atoms with Crippen LogP contribution in [0.5, 0.6) is 5.75 Å². The molecule has 0 amide bonds. The van der Waals surface area contributed by atoms with Gasteiger partial charge in [0.1, 0.15) is 5.75 Å². The summed E-state index contributed by atoms with van der Waals surface area (Å²) in [6.45, 7) is 0.608. The van der Waals surface area contributed by atoms with E-state index in [0.717, 1.165) is 17.7 Å². The predicted molar refractivity (Wildman–Crippen MR) is 57.9 cm³/mol. The summed E-state index contributed by atoms with van der Waals surface area (Å²) >= 11 is 0. The molecule has 1 aromatic rings. The molecule has 4 nitrogen and oxygen atoms in total. The van der Waals surface area contributed by atoms with Gasteiger partial charge in [0.15, 0.2) is 9.84 Å². The van der Waals surface area contributed by atoms with Crippen LogP contribution in [0.2, 0.25) is 0 Å². The van der Waals surface area contributed by atoms with Crippen molar-refractivity contribution in [3.63, 3.8) is 0 Å². The molecule has 0 N–H and O–H groups in total. The third-order valence-electron chi connectivity index (χ3n) is 2.50. The van der Waals surface area contributed by atoms with Crippen LogP contribution in [0, 0.1) is 11.3 Å². The van der Waals surface area contributed by atoms with Crippen LogP contribution in [-0.4, -0.2) is 20.8 Å². The highest BCUT2D eigenvalue weighted by Crippen LogP contribution is 2.28. The number of hydrogen-bond donors (Lipinski definition) is 0. The van der Waals surface area contributed by atoms with Crippen LogP contribution < -0.4 is 4.74 Å². The fraction of sp³-hybridized carbons (Fsp3) is 0.364. The van der Waals surface area contributed by atoms with E-state index in [-0.39, 0.29) is 17.1 Å². The highest BCUT2D eigenvalue weighted by atomic mass is 32.2. The van der Waals surface area contributed by atoms with Gasteiger partial charge < -0.3 is 4.74 Å². The van der Waals surface area contributed by atoms with Crippen molar-refractivity contribution in [2.45, 2.75) is 17.7 Å². The van der Waals surface area contributed by atoms with E-state index in [1.807, 2.05) is 6.07 Å². The summed E-state index contributed by atoms with van der Waals surface area (Å²) in [6, 6.07) is 6.71. The Morgan fingerprint density at radius 3 is 3.00 bits per heavy atom. The molecule has 0 saturated carbocycles. The number of rotatable bonds is 3. The number of sulfone groups is 1. The smallest absolute Gasteiger partial charge is 0.179 e. The molecular formula is C11H11NO3S. The molecule has 16 heavy (non-hydrogen) atoms. The Bertz CT molecular complexity index is 543. The minimum atomic E-state index is -3.32. The Morgan fingerprint density at radius 2 is 2.25 bits per heavy atom. The maximum atomic E-state index is 11.8. The predicted octanol–water partition coefficient (Wildman–Crippen LogP) is 1.31. The van der Waals surface area contributed by atoms with E-state index >= 15 is 0 Å². The van der Waals surface area contributed by atoms with Gasteiger partial charge in [-0.05, 0) is 23.8 Å². The molecule has 0 unspecified atom stereocenters. The van der Waals surface area contributed by atoms with Gasteiger partial charge in [-0.2, -0.15) is 5.26 Å². The number of nitriles is 1. The molecule has 1 aliphatic rings. The molecule has 2 rings (SSSR count). The van der Waals surface area contributed by atoms with E-state index < -0.39 is 9.84 Å². The molecule has 0 atom stereocenters. The summed E-state index contributed by atoms with van der Waals surface area (Å²) in [4.78, 5) is 0.284. The molecule has 1 heterocycles. The molecule has 0 saturated heterocycles. The fourth-order valence-corrected chi connectivity index (χ4v) is 2.85. The third kappa shape index (κ3) is 2.02. The summed E-state index contributed by atoms with van der Waals surface area (Å²) in [7, 11) is -3.32. The Kier molecular flexibility index (Phi) is 2.84. The second-order valence-corrected chi connectivity index (χ2v) is 5.70. The van der Waals surface area contributed by atoms with Gasteiger partial charge in [0.2, 0.25) is 0 Å². The Hall–Kier alpha value is -1.54. The lowest BCUT2D eigenvalue weighted by atomic mass is 10.2. The van der Waals surface area contributed by atoms with Crippen LogP contribution in [0.15, 0.2) is 23.1 Å². The average molecular weight is 237 g/mol. The number of ether oxygens (including phenoxy) is 1. The molecular weight excluding hydrogens is 226 g/mol. The Balaban J connectivity index is 2.32. The summed E-state index contributed by atoms with van der Waals surface area (Å²) in [5.41, 5.74) is 0.929. The first kappa shape index (κ1) is 11.0. The minimum absolute atomic E-state index is 0.0237. The van der Waals surface area contributed by atoms with Crippen molar-refractivity contribution >= 4 is 9.84 Å². The zero-order valence-electron chi connectivity index (χ0n) is 8.64. The zero-order chi connectivity index (χ0) is 11.6. The lowest BCUT2D eigenvalue weighted by Gasteiger charge is -2.04. The largest absolute Gasteiger partial charge is 0.493 e. The van der Waals surface area contributed by atoms with E-state index in [1.54, 1.807) is 12.1 Å². The van der Waals surface area contributed by atoms with Gasteiger partial charge >= 0.3 is 0 Å². The molecule has 5 heteroatoms. The van der Waals surface area contributed by atoms with Gasteiger partial charge in [0, 0.05) is 12.8 Å². The Morgan fingerprint density at radius 1 is 1.44 bits per heavy atom. The standard InChI is InChI=1S/C11H11NO3S/c12-5-1-7-16(13,14)10-2-3-11-9(8-10)4-6-15-11/h2-3,8H,1,4,6-7H2. The van der Waals surface area contributed by atoms with Crippen molar-refractivity contribution in [1.82, 2.24) is 0 Å². The third-order valence-corrected chi connectivity index (χ3v) is 4.22. The molecule has 0 radical (unpaired) electrons. The molecule has 0 aromatic heterocycles. The number of fused-ring (bicyclic) bond motifs is 1. The number of nitrogens with zero attached hydrogens (tertiary/aromatic N) is 1. The molecule has 1 aromatic carbocycles. The Labute approximate surface area is 94.4 Å². The van der Waals surface area contributed by atoms with Crippen LogP contribution >= 0.6 is 0 Å². The van der Waals surface area contributed by atoms with Crippen molar-refractivity contribution in [3.8, 4) is 11.8 Å². The molecule has 84 valence electrons. The lowest BCUT2D eigenvalue weighted by molar-refractivity contribution is 0.356. The molecule has 0 aliphatic carbocycles. The monoisotopic (exact) mass is 237 g/mol. The van der Waals surface area contributed by atoms with Crippen LogP contribution in [0.1, 0.15) is 12.0 Å². The van der Waals surface area contributed by atoms with Gasteiger partial charge in [-0.1, -0.05) is 0 Å². The second-order valence-electron chi connectivity index (χ2n) is 3.59. The summed E-state index contributed by atoms with van der Waals surface area (Å²) < 4.78 is 28.9. The topological polar surface area (TPSA) is 67.2 Å². The van der Waals surface area contributed by atoms with Crippen LogP contribution in [0.3, 0.4) is 0 Å². The van der Waals surface area contributed by atoms with Crippen LogP contribution in [0.25, 0.3) is 0 Å². The van der Waals surface area contributed by atoms with Gasteiger partial charge in [-0.3, -0.25) is 0 Å². The van der Waals surface area contributed by atoms with Crippen molar-refractivity contribution < 1.29 is 13.2 Å². The van der Waals surface area contributed by atoms with Gasteiger partial charge in [0.25, 0.3) is 0 Å². The minimum Gasteiger partial charge on any atom is -0.493 e. The van der Waals surface area contributed by atoms with E-state index in [1.165, 1.54) is 6.07 Å². The van der Waals surface area contributed by atoms with Crippen LogP contribution in [0.4, 0.5) is 0 Å². The number of benzene rings is 1. The first-order valence-electron chi connectivity index (χ1n) is 4.99. The van der Waals surface area contributed by atoms with Crippen molar-refractivity contribution in [2.75, 3.05) is 12.4 Å². The van der Waals surface area contributed by atoms with Gasteiger partial charge in [-0.15, -0.1) is 0 Å². The van der Waals surface area contributed by atoms with E-state index in [9.17, 15) is 8.42 Å². The quantitative estimate of drug-likeness (QED) is 0.794. The molecule has 1 aliphatic heterocycles. The summed E-state index contributed by atoms with van der Waals surface area (Å²) in [5.74, 6) is 0.641. The SMILES string of the molecule is N#CCCS(=O)(=O)c1ccc2c(c1)CCO2. The zero-order valence-corrected chi connectivity index (χ0v) is 9.46. The van der Waals surface area contributed by atoms with Crippen LogP contribution in [-0.2, 0) is 16.3 Å². The molecule has 0 fully saturated rings. The maximum Gasteiger partial charge on any atom is 0.179 e. The first-order chi connectivity index (χ1) is 7.63. The fourth-order valence-electron chi connectivity index (χ4n) is 1.65. The molecule has 0 bridgehead atoms. The summed E-state index contributed by atoms with van der Waals surface area (Å²) in [5, 5.41) is 8.40. The van der Waals surface area contributed by atoms with E-state index in [2.05, 4.69) is 0 Å². The van der Waals surface area contributed by atoms with Crippen molar-refractivity contribution in [2.24, 2.45) is 0 Å². The van der Waals surface area contributed by atoms with Gasteiger partial charge in [0.05, 0.1) is 23.3 Å². The first-order valence-corrected chi connectivity index (χ1v) is 6.64. The normalized spacial score (nSPS) is 13.9. The summed E-state index contributed by atoms with van der Waals surface area (Å²) in [6.07, 6.45) is 0.771. The maximum absolute atomic E-state index is 11.8. The highest BCUT2D eigenvalue weighted by molar-refractivity contribution is 7.91.